The first kappa shape index (κ1) is 17.9. The Morgan fingerprint density at radius 3 is 1.68 bits per heavy atom. The van der Waals surface area contributed by atoms with Crippen LogP contribution in [0.1, 0.15) is 30.9 Å². The predicted molar refractivity (Wildman–Crippen MR) is 67.0 cm³/mol. The third-order valence-corrected chi connectivity index (χ3v) is 2.88. The van der Waals surface area contributed by atoms with Gasteiger partial charge in [0.05, 0.1) is 13.2 Å². The van der Waals surface area contributed by atoms with Crippen molar-refractivity contribution in [3.8, 4) is 0 Å². The molecule has 0 aliphatic heterocycles. The maximum absolute atomic E-state index is 14.0. The average molecular weight is 322 g/mol. The first-order valence-corrected chi connectivity index (χ1v) is 6.43. The zero-order valence-electron chi connectivity index (χ0n) is 12.1. The fourth-order valence-corrected chi connectivity index (χ4v) is 1.88. The maximum atomic E-state index is 14.0. The van der Waals surface area contributed by atoms with Gasteiger partial charge in [0.15, 0.2) is 29.2 Å². The van der Waals surface area contributed by atoms with Crippen molar-refractivity contribution < 1.29 is 36.6 Å². The zero-order chi connectivity index (χ0) is 17.0. The molecule has 0 saturated carbocycles. The van der Waals surface area contributed by atoms with Crippen molar-refractivity contribution in [1.82, 2.24) is 0 Å². The highest BCUT2D eigenvalue weighted by atomic mass is 19.2. The van der Waals surface area contributed by atoms with Gasteiger partial charge < -0.3 is 9.47 Å². The van der Waals surface area contributed by atoms with E-state index in [0.717, 1.165) is 6.92 Å². The molecule has 0 atom stereocenters. The van der Waals surface area contributed by atoms with Gasteiger partial charge in [-0.3, -0.25) is 9.59 Å². The Kier molecular flexibility index (Phi) is 5.90. The number of halogens is 4. The highest BCUT2D eigenvalue weighted by Gasteiger charge is 2.38. The van der Waals surface area contributed by atoms with E-state index in [1.807, 2.05) is 0 Å². The van der Waals surface area contributed by atoms with E-state index in [-0.39, 0.29) is 13.2 Å². The van der Waals surface area contributed by atoms with Gasteiger partial charge in [-0.25, -0.2) is 17.6 Å². The van der Waals surface area contributed by atoms with E-state index in [4.69, 9.17) is 0 Å². The van der Waals surface area contributed by atoms with Crippen molar-refractivity contribution in [2.24, 2.45) is 0 Å². The molecule has 0 aliphatic carbocycles. The summed E-state index contributed by atoms with van der Waals surface area (Å²) in [7, 11) is 0. The van der Waals surface area contributed by atoms with Gasteiger partial charge in [-0.1, -0.05) is 0 Å². The Morgan fingerprint density at radius 1 is 0.864 bits per heavy atom. The van der Waals surface area contributed by atoms with Crippen LogP contribution >= 0.6 is 0 Å². The predicted octanol–water partition coefficient (Wildman–Crippen LogP) is 2.76. The Morgan fingerprint density at radius 2 is 1.27 bits per heavy atom. The highest BCUT2D eigenvalue weighted by molar-refractivity contribution is 6.01. The lowest BCUT2D eigenvalue weighted by Gasteiger charge is -2.18. The van der Waals surface area contributed by atoms with E-state index in [2.05, 4.69) is 9.47 Å². The van der Waals surface area contributed by atoms with Crippen molar-refractivity contribution in [3.63, 3.8) is 0 Å². The van der Waals surface area contributed by atoms with Crippen LogP contribution in [0.2, 0.25) is 0 Å². The SMILES string of the molecule is CCOC(=O)C(C(=O)OCC)c1c(C)c(F)c(F)c(F)c1F. The minimum absolute atomic E-state index is 0.151. The van der Waals surface area contributed by atoms with Crippen LogP contribution in [-0.2, 0) is 19.1 Å². The molecular formula is C14H14F4O4. The van der Waals surface area contributed by atoms with Crippen LogP contribution in [0.5, 0.6) is 0 Å². The summed E-state index contributed by atoms with van der Waals surface area (Å²) >= 11 is 0. The van der Waals surface area contributed by atoms with E-state index in [0.29, 0.717) is 0 Å². The lowest BCUT2D eigenvalue weighted by molar-refractivity contribution is -0.157. The normalized spacial score (nSPS) is 10.7. The number of rotatable bonds is 5. The van der Waals surface area contributed by atoms with Crippen LogP contribution in [0.25, 0.3) is 0 Å². The summed E-state index contributed by atoms with van der Waals surface area (Å²) in [6.07, 6.45) is 0. The Labute approximate surface area is 124 Å². The van der Waals surface area contributed by atoms with Crippen LogP contribution in [0, 0.1) is 30.2 Å². The van der Waals surface area contributed by atoms with E-state index < -0.39 is 52.3 Å². The highest BCUT2D eigenvalue weighted by Crippen LogP contribution is 2.31. The molecule has 0 amide bonds. The van der Waals surface area contributed by atoms with Crippen molar-refractivity contribution in [1.29, 1.82) is 0 Å². The number of benzene rings is 1. The molecule has 4 nitrogen and oxygen atoms in total. The van der Waals surface area contributed by atoms with Crippen LogP contribution in [0.4, 0.5) is 17.6 Å². The van der Waals surface area contributed by atoms with Gasteiger partial charge in [-0.2, -0.15) is 0 Å². The molecule has 0 N–H and O–H groups in total. The molecular weight excluding hydrogens is 308 g/mol. The topological polar surface area (TPSA) is 52.6 Å². The van der Waals surface area contributed by atoms with Gasteiger partial charge in [-0.05, 0) is 26.3 Å². The fourth-order valence-electron chi connectivity index (χ4n) is 1.88. The second-order valence-corrected chi connectivity index (χ2v) is 4.23. The maximum Gasteiger partial charge on any atom is 0.325 e. The summed E-state index contributed by atoms with van der Waals surface area (Å²) in [5.74, 6) is -12.2. The molecule has 1 aromatic carbocycles. The summed E-state index contributed by atoms with van der Waals surface area (Å²) in [6.45, 7) is 3.47. The lowest BCUT2D eigenvalue weighted by atomic mass is 9.93. The van der Waals surface area contributed by atoms with Crippen molar-refractivity contribution in [2.45, 2.75) is 26.7 Å². The summed E-state index contributed by atoms with van der Waals surface area (Å²) in [5.41, 5.74) is -1.64. The number of carbonyl (C=O) groups excluding carboxylic acids is 2. The van der Waals surface area contributed by atoms with Crippen LogP contribution in [0.15, 0.2) is 0 Å². The molecule has 8 heteroatoms. The molecule has 0 aliphatic rings. The average Bonchev–Trinajstić information content (AvgIpc) is 2.47. The molecule has 122 valence electrons. The zero-order valence-corrected chi connectivity index (χ0v) is 12.1. The van der Waals surface area contributed by atoms with Gasteiger partial charge in [0.1, 0.15) is 0 Å². The molecule has 0 radical (unpaired) electrons. The number of ether oxygens (including phenoxy) is 2. The quantitative estimate of drug-likeness (QED) is 0.275. The van der Waals surface area contributed by atoms with Gasteiger partial charge in [-0.15, -0.1) is 0 Å². The van der Waals surface area contributed by atoms with Gasteiger partial charge >= 0.3 is 11.9 Å². The summed E-state index contributed by atoms with van der Waals surface area (Å²) in [4.78, 5) is 23.7. The van der Waals surface area contributed by atoms with Gasteiger partial charge in [0.2, 0.25) is 0 Å². The molecule has 1 rings (SSSR count). The van der Waals surface area contributed by atoms with E-state index in [1.165, 1.54) is 13.8 Å². The molecule has 0 heterocycles. The minimum Gasteiger partial charge on any atom is -0.465 e. The monoisotopic (exact) mass is 322 g/mol. The van der Waals surface area contributed by atoms with E-state index in [1.54, 1.807) is 0 Å². The molecule has 0 unspecified atom stereocenters. The standard InChI is InChI=1S/C14H14F4O4/c1-4-21-13(19)8(14(20)22-5-2)7-6(3)9(15)11(17)12(18)10(7)16/h8H,4-5H2,1-3H3. The van der Waals surface area contributed by atoms with Gasteiger partial charge in [0, 0.05) is 5.56 Å². The molecule has 0 aromatic heterocycles. The number of esters is 2. The Bertz CT molecular complexity index is 554. The number of hydrogen-bond donors (Lipinski definition) is 0. The largest absolute Gasteiger partial charge is 0.465 e. The minimum atomic E-state index is -2.11. The third kappa shape index (κ3) is 3.20. The first-order valence-electron chi connectivity index (χ1n) is 6.43. The summed E-state index contributed by atoms with van der Waals surface area (Å²) in [6, 6.07) is 0. The molecule has 1 aromatic rings. The molecule has 0 spiro atoms. The van der Waals surface area contributed by atoms with Crippen LogP contribution in [-0.4, -0.2) is 25.2 Å². The lowest BCUT2D eigenvalue weighted by Crippen LogP contribution is -2.29. The van der Waals surface area contributed by atoms with Crippen molar-refractivity contribution >= 4 is 11.9 Å². The first-order chi connectivity index (χ1) is 10.3. The molecule has 22 heavy (non-hydrogen) atoms. The van der Waals surface area contributed by atoms with Crippen molar-refractivity contribution in [3.05, 3.63) is 34.4 Å². The molecule has 0 bridgehead atoms. The Balaban J connectivity index is 3.55. The van der Waals surface area contributed by atoms with Crippen LogP contribution in [0.3, 0.4) is 0 Å². The van der Waals surface area contributed by atoms with Crippen LogP contribution < -0.4 is 0 Å². The van der Waals surface area contributed by atoms with Crippen molar-refractivity contribution in [2.75, 3.05) is 13.2 Å². The smallest absolute Gasteiger partial charge is 0.325 e. The third-order valence-electron chi connectivity index (χ3n) is 2.88. The Hall–Kier alpha value is -2.12. The second kappa shape index (κ2) is 7.24. The summed E-state index contributed by atoms with van der Waals surface area (Å²) in [5, 5.41) is 0. The summed E-state index contributed by atoms with van der Waals surface area (Å²) < 4.78 is 63.3. The van der Waals surface area contributed by atoms with Gasteiger partial charge in [0.25, 0.3) is 0 Å². The second-order valence-electron chi connectivity index (χ2n) is 4.23. The van der Waals surface area contributed by atoms with E-state index in [9.17, 15) is 27.2 Å². The number of hydrogen-bond acceptors (Lipinski definition) is 4. The molecule has 0 saturated heterocycles. The fraction of sp³-hybridized carbons (Fsp3) is 0.429. The molecule has 0 fully saturated rings. The van der Waals surface area contributed by atoms with E-state index >= 15 is 0 Å². The number of carbonyl (C=O) groups is 2.